The van der Waals surface area contributed by atoms with Gasteiger partial charge in [-0.15, -0.1) is 0 Å². The number of phenols is 1. The van der Waals surface area contributed by atoms with E-state index in [1.165, 1.54) is 0 Å². The van der Waals surface area contributed by atoms with Gasteiger partial charge in [-0.25, -0.2) is 4.79 Å². The lowest BCUT2D eigenvalue weighted by Gasteiger charge is -2.11. The van der Waals surface area contributed by atoms with Gasteiger partial charge in [0.2, 0.25) is 5.91 Å². The summed E-state index contributed by atoms with van der Waals surface area (Å²) >= 11 is 0. The van der Waals surface area contributed by atoms with Crippen molar-refractivity contribution in [1.82, 2.24) is 0 Å². The van der Waals surface area contributed by atoms with E-state index in [0.717, 1.165) is 0 Å². The maximum atomic E-state index is 11.4. The summed E-state index contributed by atoms with van der Waals surface area (Å²) in [4.78, 5) is 21.6. The van der Waals surface area contributed by atoms with Gasteiger partial charge < -0.3 is 20.3 Å². The van der Waals surface area contributed by atoms with Crippen molar-refractivity contribution in [3.63, 3.8) is 0 Å². The number of rotatable bonds is 5. The third-order valence-electron chi connectivity index (χ3n) is 2.37. The Balaban J connectivity index is 2.60. The smallest absolute Gasteiger partial charge is 0.329 e. The summed E-state index contributed by atoms with van der Waals surface area (Å²) in [5, 5.41) is 20.6. The lowest BCUT2D eigenvalue weighted by atomic mass is 10.1. The lowest BCUT2D eigenvalue weighted by Crippen LogP contribution is -2.21. The number of hydrogen-bond acceptors (Lipinski definition) is 4. The third kappa shape index (κ3) is 3.74. The minimum Gasteiger partial charge on any atom is -0.507 e. The summed E-state index contributed by atoms with van der Waals surface area (Å²) < 4.78 is 4.65. The number of aryl methyl sites for hydroxylation is 1. The Morgan fingerprint density at radius 2 is 1.94 bits per heavy atom. The van der Waals surface area contributed by atoms with Crippen LogP contribution in [0.1, 0.15) is 11.1 Å². The Hall–Kier alpha value is -2.08. The fraction of sp³-hybridized carbons (Fsp3) is 0.333. The largest absolute Gasteiger partial charge is 0.507 e. The Kier molecular flexibility index (Phi) is 4.67. The summed E-state index contributed by atoms with van der Waals surface area (Å²) in [6, 6.07) is 3.34. The van der Waals surface area contributed by atoms with E-state index in [0.29, 0.717) is 16.8 Å². The van der Waals surface area contributed by atoms with Crippen molar-refractivity contribution in [1.29, 1.82) is 0 Å². The molecule has 0 aliphatic heterocycles. The van der Waals surface area contributed by atoms with Crippen LogP contribution in [0.3, 0.4) is 0 Å². The van der Waals surface area contributed by atoms with E-state index < -0.39 is 18.5 Å². The van der Waals surface area contributed by atoms with Crippen LogP contribution in [0.2, 0.25) is 0 Å². The zero-order chi connectivity index (χ0) is 13.7. The maximum absolute atomic E-state index is 11.4. The van der Waals surface area contributed by atoms with Crippen LogP contribution < -0.4 is 5.32 Å². The zero-order valence-corrected chi connectivity index (χ0v) is 10.2. The lowest BCUT2D eigenvalue weighted by molar-refractivity contribution is -0.143. The number of carboxylic acid groups (broad SMARTS) is 1. The highest BCUT2D eigenvalue weighted by Gasteiger charge is 2.09. The monoisotopic (exact) mass is 253 g/mol. The summed E-state index contributed by atoms with van der Waals surface area (Å²) in [6.45, 7) is 2.56. The first-order valence-corrected chi connectivity index (χ1v) is 5.30. The number of ether oxygens (including phenoxy) is 1. The molecule has 6 nitrogen and oxygen atoms in total. The number of nitrogens with one attached hydrogen (secondary N) is 1. The molecule has 18 heavy (non-hydrogen) atoms. The second-order valence-electron chi connectivity index (χ2n) is 3.84. The maximum Gasteiger partial charge on any atom is 0.329 e. The number of carbonyl (C=O) groups is 2. The molecule has 0 saturated carbocycles. The number of carboxylic acids is 1. The molecule has 0 radical (unpaired) electrons. The zero-order valence-electron chi connectivity index (χ0n) is 10.2. The van der Waals surface area contributed by atoms with Crippen molar-refractivity contribution in [2.24, 2.45) is 0 Å². The molecule has 0 fully saturated rings. The van der Waals surface area contributed by atoms with E-state index in [-0.39, 0.29) is 12.4 Å². The van der Waals surface area contributed by atoms with Gasteiger partial charge in [0.15, 0.2) is 0 Å². The molecule has 0 bridgehead atoms. The number of carbonyl (C=O) groups excluding carboxylic acids is 1. The summed E-state index contributed by atoms with van der Waals surface area (Å²) in [5.41, 5.74) is 1.75. The number of aromatic hydroxyl groups is 1. The van der Waals surface area contributed by atoms with Crippen LogP contribution in [0.4, 0.5) is 5.69 Å². The van der Waals surface area contributed by atoms with Crippen LogP contribution in [-0.2, 0) is 14.3 Å². The number of amides is 1. The van der Waals surface area contributed by atoms with E-state index >= 15 is 0 Å². The number of phenolic OH excluding ortho intramolecular Hbond substituents is 1. The van der Waals surface area contributed by atoms with Gasteiger partial charge in [0.1, 0.15) is 19.0 Å². The van der Waals surface area contributed by atoms with Gasteiger partial charge in [-0.05, 0) is 25.5 Å². The molecule has 3 N–H and O–H groups in total. The molecule has 0 saturated heterocycles. The van der Waals surface area contributed by atoms with Crippen LogP contribution in [0, 0.1) is 13.8 Å². The molecule has 0 aromatic heterocycles. The minimum atomic E-state index is -1.13. The molecule has 6 heteroatoms. The molecule has 1 rings (SSSR count). The van der Waals surface area contributed by atoms with Gasteiger partial charge in [-0.3, -0.25) is 4.79 Å². The Bertz CT molecular complexity index is 470. The minimum absolute atomic E-state index is 0.124. The van der Waals surface area contributed by atoms with Crippen molar-refractivity contribution in [2.45, 2.75) is 13.8 Å². The van der Waals surface area contributed by atoms with Crippen molar-refractivity contribution >= 4 is 17.6 Å². The van der Waals surface area contributed by atoms with E-state index in [2.05, 4.69) is 10.1 Å². The molecule has 0 aliphatic carbocycles. The number of anilines is 1. The average molecular weight is 253 g/mol. The Labute approximate surface area is 104 Å². The standard InChI is InChI=1S/C12H15NO5/c1-7-3-4-9(8(2)12(7)17)13-10(14)5-18-6-11(15)16/h3-4,17H,5-6H2,1-2H3,(H,13,14)(H,15,16). The van der Waals surface area contributed by atoms with Gasteiger partial charge in [-0.2, -0.15) is 0 Å². The molecule has 1 aromatic rings. The highest BCUT2D eigenvalue weighted by Crippen LogP contribution is 2.27. The normalized spacial score (nSPS) is 10.1. The number of aliphatic carboxylic acids is 1. The molecule has 0 heterocycles. The van der Waals surface area contributed by atoms with Crippen molar-refractivity contribution in [3.05, 3.63) is 23.3 Å². The molecule has 1 amide bonds. The molecule has 0 spiro atoms. The quantitative estimate of drug-likeness (QED) is 0.728. The predicted octanol–water partition coefficient (Wildman–Crippen LogP) is 1.05. The molecule has 0 aliphatic rings. The van der Waals surface area contributed by atoms with Crippen molar-refractivity contribution in [3.8, 4) is 5.75 Å². The van der Waals surface area contributed by atoms with Crippen LogP contribution in [-0.4, -0.2) is 35.3 Å². The fourth-order valence-corrected chi connectivity index (χ4v) is 1.39. The fourth-order valence-electron chi connectivity index (χ4n) is 1.39. The highest BCUT2D eigenvalue weighted by atomic mass is 16.5. The van der Waals surface area contributed by atoms with E-state index in [4.69, 9.17) is 5.11 Å². The Morgan fingerprint density at radius 3 is 2.56 bits per heavy atom. The van der Waals surface area contributed by atoms with Gasteiger partial charge in [0.25, 0.3) is 0 Å². The first-order chi connectivity index (χ1) is 8.41. The van der Waals surface area contributed by atoms with Gasteiger partial charge in [-0.1, -0.05) is 6.07 Å². The topological polar surface area (TPSA) is 95.9 Å². The predicted molar refractivity (Wildman–Crippen MR) is 64.7 cm³/mol. The van der Waals surface area contributed by atoms with E-state index in [1.54, 1.807) is 26.0 Å². The van der Waals surface area contributed by atoms with Crippen molar-refractivity contribution < 1.29 is 24.5 Å². The first kappa shape index (κ1) is 14.0. The third-order valence-corrected chi connectivity index (χ3v) is 2.37. The first-order valence-electron chi connectivity index (χ1n) is 5.30. The molecule has 0 unspecified atom stereocenters. The number of hydrogen-bond donors (Lipinski definition) is 3. The van der Waals surface area contributed by atoms with Crippen LogP contribution in [0.15, 0.2) is 12.1 Å². The van der Waals surface area contributed by atoms with Crippen LogP contribution in [0.5, 0.6) is 5.75 Å². The highest BCUT2D eigenvalue weighted by molar-refractivity contribution is 5.93. The molecule has 98 valence electrons. The van der Waals surface area contributed by atoms with Crippen LogP contribution in [0.25, 0.3) is 0 Å². The number of benzene rings is 1. The molecular weight excluding hydrogens is 238 g/mol. The van der Waals surface area contributed by atoms with Crippen molar-refractivity contribution in [2.75, 3.05) is 18.5 Å². The molecule has 0 atom stereocenters. The second kappa shape index (κ2) is 6.02. The van der Waals surface area contributed by atoms with Gasteiger partial charge in [0, 0.05) is 11.3 Å². The summed E-state index contributed by atoms with van der Waals surface area (Å²) in [7, 11) is 0. The second-order valence-corrected chi connectivity index (χ2v) is 3.84. The summed E-state index contributed by atoms with van der Waals surface area (Å²) in [5.74, 6) is -1.48. The van der Waals surface area contributed by atoms with Gasteiger partial charge >= 0.3 is 5.97 Å². The van der Waals surface area contributed by atoms with E-state index in [9.17, 15) is 14.7 Å². The van der Waals surface area contributed by atoms with Gasteiger partial charge in [0.05, 0.1) is 0 Å². The SMILES string of the molecule is Cc1ccc(NC(=O)COCC(=O)O)c(C)c1O. The Morgan fingerprint density at radius 1 is 1.28 bits per heavy atom. The average Bonchev–Trinajstić information content (AvgIpc) is 2.29. The molecular formula is C12H15NO5. The van der Waals surface area contributed by atoms with E-state index in [1.807, 2.05) is 0 Å². The summed E-state index contributed by atoms with van der Waals surface area (Å²) in [6.07, 6.45) is 0. The molecule has 1 aromatic carbocycles. The van der Waals surface area contributed by atoms with Crippen LogP contribution >= 0.6 is 0 Å².